The molecule has 0 fully saturated rings. The summed E-state index contributed by atoms with van der Waals surface area (Å²) < 4.78 is 57.7. The number of carbonyl (C=O) groups excluding carboxylic acids is 1. The Hall–Kier alpha value is -4.41. The zero-order valence-corrected chi connectivity index (χ0v) is 31.2. The van der Waals surface area contributed by atoms with E-state index in [1.54, 1.807) is 36.4 Å². The molecule has 10 heteroatoms. The fourth-order valence-corrected chi connectivity index (χ4v) is 9.63. The second-order valence-corrected chi connectivity index (χ2v) is 19.0. The molecule has 3 aliphatic rings. The number of likely N-dealkylation sites (N-methyl/N-ethyl adjacent to an activating group) is 2. The topological polar surface area (TPSA) is 101 Å². The lowest BCUT2D eigenvalue weighted by molar-refractivity contribution is -0.0111. The molecule has 0 aliphatic carbocycles. The van der Waals surface area contributed by atoms with Crippen LogP contribution in [0.4, 0.5) is 11.4 Å². The maximum atomic E-state index is 14.2. The highest BCUT2D eigenvalue weighted by atomic mass is 32.2. The molecule has 3 aliphatic heterocycles. The van der Waals surface area contributed by atoms with E-state index in [4.69, 9.17) is 4.74 Å². The first-order valence-electron chi connectivity index (χ1n) is 16.6. The Balaban J connectivity index is 1.44. The van der Waals surface area contributed by atoms with Crippen molar-refractivity contribution in [2.45, 2.75) is 66.4 Å². The van der Waals surface area contributed by atoms with E-state index >= 15 is 0 Å². The Morgan fingerprint density at radius 1 is 0.780 bits per heavy atom. The number of hydrogen-bond acceptors (Lipinski definition) is 8. The first-order chi connectivity index (χ1) is 23.3. The van der Waals surface area contributed by atoms with Crippen molar-refractivity contribution < 1.29 is 26.4 Å². The number of rotatable bonds is 5. The van der Waals surface area contributed by atoms with E-state index in [1.165, 1.54) is 12.5 Å². The van der Waals surface area contributed by atoms with Crippen molar-refractivity contribution in [2.75, 3.05) is 36.4 Å². The van der Waals surface area contributed by atoms with E-state index in [1.807, 2.05) is 62.6 Å². The molecule has 2 atom stereocenters. The molecule has 1 spiro atoms. The van der Waals surface area contributed by atoms with Gasteiger partial charge in [0.05, 0.1) is 20.8 Å². The van der Waals surface area contributed by atoms with Crippen LogP contribution in [0.3, 0.4) is 0 Å². The first kappa shape index (κ1) is 34.1. The fraction of sp³-hybridized carbons (Fsp3) is 0.325. The zero-order chi connectivity index (χ0) is 36.2. The molecule has 0 N–H and O–H groups in total. The number of nitrogens with zero attached hydrogens (tertiary/aromatic N) is 2. The summed E-state index contributed by atoms with van der Waals surface area (Å²) in [6.07, 6.45) is 5.17. The Labute approximate surface area is 295 Å². The summed E-state index contributed by atoms with van der Waals surface area (Å²) in [6.45, 7) is 8.36. The van der Waals surface area contributed by atoms with Gasteiger partial charge < -0.3 is 14.5 Å². The molecule has 4 aromatic rings. The number of carbonyl (C=O) groups is 1. The third-order valence-electron chi connectivity index (χ3n) is 11.2. The monoisotopic (exact) mass is 710 g/mol. The lowest BCUT2D eigenvalue weighted by Gasteiger charge is -2.51. The summed E-state index contributed by atoms with van der Waals surface area (Å²) in [6, 6.07) is 25.4. The molecule has 7 rings (SSSR count). The third-order valence-corrected chi connectivity index (χ3v) is 13.5. The number of fused-ring (bicyclic) bond motifs is 3. The van der Waals surface area contributed by atoms with Gasteiger partial charge in [0.2, 0.25) is 0 Å². The van der Waals surface area contributed by atoms with Gasteiger partial charge >= 0.3 is 0 Å². The summed E-state index contributed by atoms with van der Waals surface area (Å²) in [4.78, 5) is 18.9. The minimum Gasteiger partial charge on any atom is -0.466 e. The van der Waals surface area contributed by atoms with Crippen LogP contribution in [0.1, 0.15) is 72.6 Å². The Kier molecular flexibility index (Phi) is 7.52. The lowest BCUT2D eigenvalue weighted by atomic mass is 9.70. The first-order valence-corrected chi connectivity index (χ1v) is 20.4. The second kappa shape index (κ2) is 11.0. The van der Waals surface area contributed by atoms with Crippen molar-refractivity contribution in [1.82, 2.24) is 0 Å². The van der Waals surface area contributed by atoms with E-state index in [-0.39, 0.29) is 21.5 Å². The van der Waals surface area contributed by atoms with E-state index in [2.05, 4.69) is 43.6 Å². The number of para-hydroxylation sites is 1. The average molecular weight is 711 g/mol. The Bertz CT molecular complexity index is 2350. The van der Waals surface area contributed by atoms with Crippen LogP contribution >= 0.6 is 0 Å². The summed E-state index contributed by atoms with van der Waals surface area (Å²) in [5.41, 5.74) is 4.17. The fourth-order valence-electron chi connectivity index (χ4n) is 8.34. The van der Waals surface area contributed by atoms with Gasteiger partial charge in [0.25, 0.3) is 0 Å². The van der Waals surface area contributed by atoms with Crippen LogP contribution in [0, 0.1) is 0 Å². The van der Waals surface area contributed by atoms with E-state index in [9.17, 15) is 21.6 Å². The Morgan fingerprint density at radius 2 is 1.38 bits per heavy atom. The minimum atomic E-state index is -3.47. The van der Waals surface area contributed by atoms with E-state index < -0.39 is 36.2 Å². The van der Waals surface area contributed by atoms with Gasteiger partial charge in [-0.05, 0) is 67.4 Å². The highest BCUT2D eigenvalue weighted by molar-refractivity contribution is 7.91. The molecule has 0 saturated carbocycles. The van der Waals surface area contributed by atoms with Gasteiger partial charge in [-0.3, -0.25) is 4.79 Å². The average Bonchev–Trinajstić information content (AvgIpc) is 3.35. The molecule has 50 heavy (non-hydrogen) atoms. The highest BCUT2D eigenvalue weighted by Gasteiger charge is 2.61. The molecule has 4 aromatic carbocycles. The number of sulfone groups is 2. The normalized spacial score (nSPS) is 22.6. The van der Waals surface area contributed by atoms with E-state index in [0.717, 1.165) is 33.8 Å². The molecule has 3 heterocycles. The SMILES string of the molecule is CN1/C(=C/C2CC3(Oc4c(C(=O)c5ccccc5)cccc42)N(C)c2ccc(S(C)(=O)=O)cc2C3(C)C)C(C)(C)c2cc(S(C)(=O)=O)ccc21. The molecule has 0 aromatic heterocycles. The summed E-state index contributed by atoms with van der Waals surface area (Å²) >= 11 is 0. The number of ketones is 1. The van der Waals surface area contributed by atoms with Crippen molar-refractivity contribution >= 4 is 36.8 Å². The molecule has 260 valence electrons. The maximum absolute atomic E-state index is 14.2. The van der Waals surface area contributed by atoms with Gasteiger partial charge in [0.15, 0.2) is 31.2 Å². The van der Waals surface area contributed by atoms with Crippen molar-refractivity contribution in [3.05, 3.63) is 125 Å². The predicted octanol–water partition coefficient (Wildman–Crippen LogP) is 7.03. The van der Waals surface area contributed by atoms with Crippen LogP contribution in [-0.2, 0) is 30.5 Å². The number of allylic oxidation sites excluding steroid dienone is 2. The lowest BCUT2D eigenvalue weighted by Crippen LogP contribution is -2.61. The predicted molar refractivity (Wildman–Crippen MR) is 197 cm³/mol. The molecular weight excluding hydrogens is 669 g/mol. The molecule has 8 nitrogen and oxygen atoms in total. The quantitative estimate of drug-likeness (QED) is 0.204. The van der Waals surface area contributed by atoms with Crippen LogP contribution in [-0.4, -0.2) is 55.0 Å². The van der Waals surface area contributed by atoms with E-state index in [0.29, 0.717) is 23.3 Å². The van der Waals surface area contributed by atoms with Crippen LogP contribution in [0.2, 0.25) is 0 Å². The maximum Gasteiger partial charge on any atom is 0.196 e. The van der Waals surface area contributed by atoms with Crippen molar-refractivity contribution in [3.63, 3.8) is 0 Å². The van der Waals surface area contributed by atoms with Crippen molar-refractivity contribution in [2.24, 2.45) is 0 Å². The van der Waals surface area contributed by atoms with Crippen LogP contribution in [0.25, 0.3) is 0 Å². The van der Waals surface area contributed by atoms with Crippen LogP contribution < -0.4 is 14.5 Å². The molecule has 0 saturated heterocycles. The molecule has 0 bridgehead atoms. The molecule has 0 amide bonds. The number of anilines is 2. The van der Waals surface area contributed by atoms with Gasteiger partial charge in [0, 0.05) is 72.6 Å². The Morgan fingerprint density at radius 3 is 2.00 bits per heavy atom. The zero-order valence-electron chi connectivity index (χ0n) is 29.6. The highest BCUT2D eigenvalue weighted by Crippen LogP contribution is 2.60. The molecule has 2 unspecified atom stereocenters. The van der Waals surface area contributed by atoms with Crippen molar-refractivity contribution in [3.8, 4) is 5.75 Å². The largest absolute Gasteiger partial charge is 0.466 e. The standard InChI is InChI=1S/C40H42N2O6S2/c1-38(2)31-22-27(49(7,44)45)17-19-33(31)41(5)35(38)21-26-24-40(39(3,4)32-23-28(50(8,46)47)18-20-34(32)42(40)6)48-37-29(26)15-12-16-30(37)36(43)25-13-10-9-11-14-25/h9-23,26H,24H2,1-8H3/b35-21+. The summed E-state index contributed by atoms with van der Waals surface area (Å²) in [5.74, 6) is 0.106. The van der Waals surface area contributed by atoms with Gasteiger partial charge in [-0.15, -0.1) is 0 Å². The smallest absolute Gasteiger partial charge is 0.196 e. The van der Waals surface area contributed by atoms with Crippen LogP contribution in [0.15, 0.2) is 106 Å². The van der Waals surface area contributed by atoms with Gasteiger partial charge in [-0.1, -0.05) is 62.4 Å². The second-order valence-electron chi connectivity index (χ2n) is 14.9. The molecular formula is C40H42N2O6S2. The molecule has 0 radical (unpaired) electrons. The number of benzene rings is 4. The van der Waals surface area contributed by atoms with Crippen LogP contribution in [0.5, 0.6) is 5.75 Å². The van der Waals surface area contributed by atoms with Gasteiger partial charge in [0.1, 0.15) is 5.75 Å². The van der Waals surface area contributed by atoms with Crippen molar-refractivity contribution in [1.29, 1.82) is 0 Å². The third kappa shape index (κ3) is 4.93. The van der Waals surface area contributed by atoms with Gasteiger partial charge in [-0.25, -0.2) is 16.8 Å². The number of hydrogen-bond donors (Lipinski definition) is 0. The minimum absolute atomic E-state index is 0.153. The summed E-state index contributed by atoms with van der Waals surface area (Å²) in [7, 11) is -2.92. The van der Waals surface area contributed by atoms with Gasteiger partial charge in [-0.2, -0.15) is 0 Å². The number of ether oxygens (including phenoxy) is 1. The summed E-state index contributed by atoms with van der Waals surface area (Å²) in [5, 5.41) is 0.